The molecule has 0 spiro atoms. The van der Waals surface area contributed by atoms with E-state index in [-0.39, 0.29) is 12.6 Å². The summed E-state index contributed by atoms with van der Waals surface area (Å²) in [6, 6.07) is 0.268. The van der Waals surface area contributed by atoms with E-state index in [1.165, 1.54) is 0 Å². The number of hydrogen-bond donors (Lipinski definition) is 2. The third-order valence-electron chi connectivity index (χ3n) is 5.87. The Bertz CT molecular complexity index is 857. The molecule has 36 heavy (non-hydrogen) atoms. The van der Waals surface area contributed by atoms with Crippen LogP contribution >= 0.6 is 0 Å². The third kappa shape index (κ3) is 13.8. The number of methoxy groups -OCH3 is 1. The predicted octanol–water partition coefficient (Wildman–Crippen LogP) is 3.88. The molecule has 0 radical (unpaired) electrons. The van der Waals surface area contributed by atoms with E-state index in [4.69, 9.17) is 14.6 Å². The van der Waals surface area contributed by atoms with E-state index in [2.05, 4.69) is 78.5 Å². The Morgan fingerprint density at radius 3 is 2.72 bits per heavy atom. The summed E-state index contributed by atoms with van der Waals surface area (Å²) in [7, 11) is 1.71. The fourth-order valence-electron chi connectivity index (χ4n) is 4.09. The van der Waals surface area contributed by atoms with Crippen LogP contribution in [0.5, 0.6) is 0 Å². The zero-order valence-corrected chi connectivity index (χ0v) is 23.3. The van der Waals surface area contributed by atoms with Gasteiger partial charge in [-0.05, 0) is 70.6 Å². The van der Waals surface area contributed by atoms with Crippen LogP contribution in [0.3, 0.4) is 0 Å². The van der Waals surface area contributed by atoms with Gasteiger partial charge in [-0.15, -0.1) is 5.10 Å². The molecule has 2 atom stereocenters. The van der Waals surface area contributed by atoms with Crippen molar-refractivity contribution in [2.45, 2.75) is 72.3 Å². The molecule has 1 rings (SSSR count). The molecule has 0 aliphatic heterocycles. The largest absolute Gasteiger partial charge is 0.501 e. The first-order valence-corrected chi connectivity index (χ1v) is 13.6. The van der Waals surface area contributed by atoms with Gasteiger partial charge in [0.2, 0.25) is 0 Å². The van der Waals surface area contributed by atoms with Gasteiger partial charge in [-0.25, -0.2) is 0 Å². The highest BCUT2D eigenvalue weighted by atomic mass is 16.5. The van der Waals surface area contributed by atoms with Gasteiger partial charge in [0.05, 0.1) is 25.7 Å². The summed E-state index contributed by atoms with van der Waals surface area (Å²) in [5.41, 5.74) is 0. The molecule has 2 N–H and O–H groups in total. The number of anilines is 1. The van der Waals surface area contributed by atoms with Gasteiger partial charge in [-0.2, -0.15) is 5.10 Å². The summed E-state index contributed by atoms with van der Waals surface area (Å²) in [5, 5.41) is 23.2. The van der Waals surface area contributed by atoms with Crippen LogP contribution in [-0.4, -0.2) is 72.8 Å². The van der Waals surface area contributed by atoms with E-state index < -0.39 is 0 Å². The topological polar surface area (TPSA) is 79.7 Å². The van der Waals surface area contributed by atoms with Crippen LogP contribution in [0.4, 0.5) is 5.82 Å². The molecule has 0 bridgehead atoms. The van der Waals surface area contributed by atoms with Crippen molar-refractivity contribution in [1.82, 2.24) is 15.1 Å². The zero-order chi connectivity index (χ0) is 26.4. The van der Waals surface area contributed by atoms with Crippen molar-refractivity contribution in [3.8, 4) is 0 Å². The second-order valence-electron chi connectivity index (χ2n) is 9.15. The number of hydrogen-bond acceptors (Lipinski definition) is 7. The Kier molecular flexibility index (Phi) is 18.5. The van der Waals surface area contributed by atoms with Crippen molar-refractivity contribution in [1.29, 1.82) is 0 Å². The zero-order valence-electron chi connectivity index (χ0n) is 23.3. The summed E-state index contributed by atoms with van der Waals surface area (Å²) >= 11 is 0. The van der Waals surface area contributed by atoms with Gasteiger partial charge >= 0.3 is 0 Å². The van der Waals surface area contributed by atoms with E-state index in [9.17, 15) is 0 Å². The van der Waals surface area contributed by atoms with Crippen LogP contribution < -0.4 is 15.8 Å². The first-order chi connectivity index (χ1) is 17.6. The maximum absolute atomic E-state index is 8.82. The highest BCUT2D eigenvalue weighted by molar-refractivity contribution is 5.45. The van der Waals surface area contributed by atoms with Crippen LogP contribution in [-0.2, 0) is 9.47 Å². The van der Waals surface area contributed by atoms with E-state index >= 15 is 0 Å². The molecule has 2 unspecified atom stereocenters. The highest BCUT2D eigenvalue weighted by Gasteiger charge is 2.13. The number of aliphatic hydroxyl groups is 1. The number of nitrogens with one attached hydrogen (secondary N) is 1. The molecule has 204 valence electrons. The normalized spacial score (nSPS) is 14.9. The lowest BCUT2D eigenvalue weighted by molar-refractivity contribution is 0.198. The fraction of sp³-hybridized carbons (Fsp3) is 0.655. The summed E-state index contributed by atoms with van der Waals surface area (Å²) in [6.45, 7) is 13.1. The van der Waals surface area contributed by atoms with Crippen LogP contribution in [0.15, 0.2) is 30.7 Å². The number of allylic oxidation sites excluding steroid dienone is 2. The average Bonchev–Trinajstić information content (AvgIpc) is 2.86. The molecule has 7 heteroatoms. The van der Waals surface area contributed by atoms with E-state index in [0.29, 0.717) is 25.6 Å². The molecule has 0 aliphatic carbocycles. The summed E-state index contributed by atoms with van der Waals surface area (Å²) in [5.74, 6) is 1.33. The highest BCUT2D eigenvalue weighted by Crippen LogP contribution is 2.13. The number of nitrogens with zero attached hydrogens (tertiary/aromatic N) is 3. The number of aliphatic hydroxyl groups excluding tert-OH is 1. The minimum atomic E-state index is 0.170. The average molecular weight is 503 g/mol. The van der Waals surface area contributed by atoms with Crippen LogP contribution in [0.2, 0.25) is 0 Å². The standard InChI is InChI=1S/C29H50N4O3/c1-6-12-26(14-9-10-20-36-21-11-19-34)24-33(17-8-3)18-15-25(4)31-29-28(16-22-35-5)27(13-7-2)23-30-32-29/h6,10,12-13,16,20,23,25-26,34H,7-9,11,14-15,17-19,21-22,24H2,1-5H3,(H,31,32)/b12-6-,20-10+,27-13-,28-16+. The third-order valence-corrected chi connectivity index (χ3v) is 5.87. The lowest BCUT2D eigenvalue weighted by atomic mass is 10.0. The minimum Gasteiger partial charge on any atom is -0.501 e. The SMILES string of the molecule is C/C=C\C(CC/C=C/OCCCO)CN(CCC)CCC(C)Nc1nncc(=C/CC)/c1=C\COC. The van der Waals surface area contributed by atoms with Crippen molar-refractivity contribution in [2.75, 3.05) is 51.9 Å². The quantitative estimate of drug-likeness (QED) is 0.159. The minimum absolute atomic E-state index is 0.170. The van der Waals surface area contributed by atoms with Crippen molar-refractivity contribution in [3.63, 3.8) is 0 Å². The lowest BCUT2D eigenvalue weighted by Gasteiger charge is -2.27. The molecule has 0 fully saturated rings. The summed E-state index contributed by atoms with van der Waals surface area (Å²) in [4.78, 5) is 2.58. The van der Waals surface area contributed by atoms with Crippen LogP contribution in [0.1, 0.15) is 66.2 Å². The second-order valence-corrected chi connectivity index (χ2v) is 9.15. The molecule has 7 nitrogen and oxygen atoms in total. The second kappa shape index (κ2) is 20.9. The van der Waals surface area contributed by atoms with Crippen molar-refractivity contribution in [3.05, 3.63) is 41.1 Å². The number of aromatic nitrogens is 2. The smallest absolute Gasteiger partial charge is 0.156 e. The lowest BCUT2D eigenvalue weighted by Crippen LogP contribution is -2.36. The summed E-state index contributed by atoms with van der Waals surface area (Å²) < 4.78 is 10.7. The molecule has 1 aromatic rings. The molecule has 0 saturated heterocycles. The molecule has 0 aliphatic rings. The van der Waals surface area contributed by atoms with Gasteiger partial charge in [0.15, 0.2) is 5.82 Å². The number of rotatable bonds is 20. The van der Waals surface area contributed by atoms with E-state index in [1.807, 2.05) is 6.20 Å². The summed E-state index contributed by atoms with van der Waals surface area (Å²) in [6.07, 6.45) is 20.3. The molecule has 0 amide bonds. The van der Waals surface area contributed by atoms with Gasteiger partial charge in [0.1, 0.15) is 0 Å². The monoisotopic (exact) mass is 502 g/mol. The molecule has 0 aromatic carbocycles. The van der Waals surface area contributed by atoms with Gasteiger partial charge in [0.25, 0.3) is 0 Å². The van der Waals surface area contributed by atoms with Gasteiger partial charge in [-0.1, -0.05) is 32.1 Å². The predicted molar refractivity (Wildman–Crippen MR) is 151 cm³/mol. The van der Waals surface area contributed by atoms with Gasteiger partial charge in [0, 0.05) is 49.7 Å². The van der Waals surface area contributed by atoms with Crippen LogP contribution in [0.25, 0.3) is 12.2 Å². The van der Waals surface area contributed by atoms with E-state index in [0.717, 1.165) is 68.0 Å². The van der Waals surface area contributed by atoms with Crippen molar-refractivity contribution in [2.24, 2.45) is 5.92 Å². The fourth-order valence-corrected chi connectivity index (χ4v) is 4.09. The molecular weight excluding hydrogens is 452 g/mol. The van der Waals surface area contributed by atoms with Gasteiger partial charge in [-0.3, -0.25) is 0 Å². The molecular formula is C29H50N4O3. The van der Waals surface area contributed by atoms with Crippen molar-refractivity contribution >= 4 is 18.0 Å². The maximum atomic E-state index is 8.82. The Labute approximate surface area is 219 Å². The molecule has 0 saturated carbocycles. The van der Waals surface area contributed by atoms with Crippen LogP contribution in [0, 0.1) is 5.92 Å². The maximum Gasteiger partial charge on any atom is 0.156 e. The Morgan fingerprint density at radius 2 is 2.03 bits per heavy atom. The van der Waals surface area contributed by atoms with Crippen molar-refractivity contribution < 1.29 is 14.6 Å². The first-order valence-electron chi connectivity index (χ1n) is 13.6. The molecule has 1 aromatic heterocycles. The van der Waals surface area contributed by atoms with Gasteiger partial charge < -0.3 is 24.8 Å². The van der Waals surface area contributed by atoms with E-state index in [1.54, 1.807) is 13.4 Å². The Hall–Kier alpha value is -2.22. The number of ether oxygens (including phenoxy) is 2. The first kappa shape index (κ1) is 31.8. The Balaban J connectivity index is 2.72. The Morgan fingerprint density at radius 1 is 1.19 bits per heavy atom. The molecule has 1 heterocycles.